The highest BCUT2D eigenvalue weighted by Crippen LogP contribution is 2.29. The smallest absolute Gasteiger partial charge is 0.251 e. The van der Waals surface area contributed by atoms with Gasteiger partial charge in [0.05, 0.1) is 24.8 Å². The zero-order chi connectivity index (χ0) is 17.3. The van der Waals surface area contributed by atoms with Crippen LogP contribution in [0, 0.1) is 13.8 Å². The van der Waals surface area contributed by atoms with Gasteiger partial charge in [-0.1, -0.05) is 17.7 Å². The summed E-state index contributed by atoms with van der Waals surface area (Å²) < 4.78 is 0. The summed E-state index contributed by atoms with van der Waals surface area (Å²) in [6, 6.07) is 5.44. The van der Waals surface area contributed by atoms with E-state index in [-0.39, 0.29) is 30.9 Å². The number of amides is 2. The van der Waals surface area contributed by atoms with E-state index in [9.17, 15) is 9.59 Å². The van der Waals surface area contributed by atoms with E-state index < -0.39 is 0 Å². The SMILES string of the molecule is Cc1ccc(N2C(=O)CC(N3CCN(CCO)CC3)C2=O)c(C)c1. The van der Waals surface area contributed by atoms with Crippen LogP contribution >= 0.6 is 0 Å². The van der Waals surface area contributed by atoms with E-state index in [1.807, 2.05) is 32.0 Å². The molecule has 6 nitrogen and oxygen atoms in total. The first kappa shape index (κ1) is 17.1. The monoisotopic (exact) mass is 331 g/mol. The number of benzene rings is 1. The van der Waals surface area contributed by atoms with Crippen LogP contribution < -0.4 is 4.90 Å². The minimum Gasteiger partial charge on any atom is -0.395 e. The molecule has 24 heavy (non-hydrogen) atoms. The van der Waals surface area contributed by atoms with Crippen molar-refractivity contribution in [1.29, 1.82) is 0 Å². The molecule has 2 fully saturated rings. The number of aliphatic hydroxyl groups excluding tert-OH is 1. The third-order valence-electron chi connectivity index (χ3n) is 4.98. The molecule has 1 unspecified atom stereocenters. The molecule has 1 N–H and O–H groups in total. The van der Waals surface area contributed by atoms with Crippen molar-refractivity contribution in [1.82, 2.24) is 9.80 Å². The lowest BCUT2D eigenvalue weighted by molar-refractivity contribution is -0.123. The van der Waals surface area contributed by atoms with E-state index in [0.717, 1.165) is 37.3 Å². The summed E-state index contributed by atoms with van der Waals surface area (Å²) in [6.07, 6.45) is 0.256. The number of hydrogen-bond acceptors (Lipinski definition) is 5. The predicted octanol–water partition coefficient (Wildman–Crippen LogP) is 0.545. The Labute approximate surface area is 142 Å². The Morgan fingerprint density at radius 3 is 2.46 bits per heavy atom. The fourth-order valence-corrected chi connectivity index (χ4v) is 3.65. The van der Waals surface area contributed by atoms with Crippen molar-refractivity contribution in [2.24, 2.45) is 0 Å². The lowest BCUT2D eigenvalue weighted by atomic mass is 10.1. The first-order valence-electron chi connectivity index (χ1n) is 8.52. The van der Waals surface area contributed by atoms with Crippen LogP contribution in [-0.2, 0) is 9.59 Å². The van der Waals surface area contributed by atoms with Gasteiger partial charge in [0, 0.05) is 32.7 Å². The van der Waals surface area contributed by atoms with Gasteiger partial charge in [-0.2, -0.15) is 0 Å². The van der Waals surface area contributed by atoms with E-state index in [0.29, 0.717) is 12.2 Å². The Kier molecular flexibility index (Phi) is 4.99. The number of β-amino-alcohol motifs (C(OH)–C–C–N with tert-alkyl or cyclic N) is 1. The molecule has 2 aliphatic heterocycles. The van der Waals surface area contributed by atoms with Crippen molar-refractivity contribution in [2.75, 3.05) is 44.2 Å². The van der Waals surface area contributed by atoms with Gasteiger partial charge in [0.15, 0.2) is 0 Å². The van der Waals surface area contributed by atoms with E-state index in [1.165, 1.54) is 4.90 Å². The molecule has 0 spiro atoms. The van der Waals surface area contributed by atoms with Gasteiger partial charge in [0.2, 0.25) is 5.91 Å². The quantitative estimate of drug-likeness (QED) is 0.816. The standard InChI is InChI=1S/C18H25N3O3/c1-13-3-4-15(14(2)11-13)21-17(23)12-16(18(21)24)20-7-5-19(6-8-20)9-10-22/h3-4,11,16,22H,5-10,12H2,1-2H3. The summed E-state index contributed by atoms with van der Waals surface area (Å²) in [5.41, 5.74) is 2.77. The first-order valence-corrected chi connectivity index (χ1v) is 8.52. The Bertz CT molecular complexity index is 638. The Morgan fingerprint density at radius 1 is 1.12 bits per heavy atom. The summed E-state index contributed by atoms with van der Waals surface area (Å²) in [4.78, 5) is 31.0. The van der Waals surface area contributed by atoms with Crippen LogP contribution in [-0.4, -0.2) is 72.1 Å². The third-order valence-corrected chi connectivity index (χ3v) is 4.98. The molecule has 0 aliphatic carbocycles. The Balaban J connectivity index is 1.73. The maximum absolute atomic E-state index is 12.9. The van der Waals surface area contributed by atoms with Crippen molar-refractivity contribution in [3.63, 3.8) is 0 Å². The number of anilines is 1. The summed E-state index contributed by atoms with van der Waals surface area (Å²) >= 11 is 0. The molecule has 0 aromatic heterocycles. The molecule has 2 aliphatic rings. The van der Waals surface area contributed by atoms with Crippen molar-refractivity contribution in [3.8, 4) is 0 Å². The number of piperazine rings is 1. The maximum atomic E-state index is 12.9. The molecule has 2 heterocycles. The fraction of sp³-hybridized carbons (Fsp3) is 0.556. The van der Waals surface area contributed by atoms with Crippen molar-refractivity contribution in [3.05, 3.63) is 29.3 Å². The second-order valence-corrected chi connectivity index (χ2v) is 6.68. The average molecular weight is 331 g/mol. The first-order chi connectivity index (χ1) is 11.5. The molecule has 130 valence electrons. The number of carbonyl (C=O) groups is 2. The molecular weight excluding hydrogens is 306 g/mol. The lowest BCUT2D eigenvalue weighted by Gasteiger charge is -2.36. The Morgan fingerprint density at radius 2 is 1.83 bits per heavy atom. The van der Waals surface area contributed by atoms with Gasteiger partial charge in [-0.15, -0.1) is 0 Å². The second kappa shape index (κ2) is 7.01. The summed E-state index contributed by atoms with van der Waals surface area (Å²) in [6.45, 7) is 7.91. The van der Waals surface area contributed by atoms with Crippen LogP contribution in [0.25, 0.3) is 0 Å². The second-order valence-electron chi connectivity index (χ2n) is 6.68. The number of rotatable bonds is 4. The normalized spacial score (nSPS) is 23.3. The number of aryl methyl sites for hydroxylation is 2. The molecule has 1 aromatic carbocycles. The van der Waals surface area contributed by atoms with E-state index in [4.69, 9.17) is 5.11 Å². The summed E-state index contributed by atoms with van der Waals surface area (Å²) in [5, 5.41) is 9.02. The average Bonchev–Trinajstić information content (AvgIpc) is 2.84. The number of hydrogen-bond donors (Lipinski definition) is 1. The van der Waals surface area contributed by atoms with Gasteiger partial charge in [-0.3, -0.25) is 19.4 Å². The lowest BCUT2D eigenvalue weighted by Crippen LogP contribution is -2.53. The predicted molar refractivity (Wildman–Crippen MR) is 91.9 cm³/mol. The number of carbonyl (C=O) groups excluding carboxylic acids is 2. The van der Waals surface area contributed by atoms with Crippen LogP contribution in [0.15, 0.2) is 18.2 Å². The van der Waals surface area contributed by atoms with Crippen LogP contribution in [0.5, 0.6) is 0 Å². The van der Waals surface area contributed by atoms with Crippen LogP contribution in [0.4, 0.5) is 5.69 Å². The molecule has 2 amide bonds. The maximum Gasteiger partial charge on any atom is 0.251 e. The highest BCUT2D eigenvalue weighted by atomic mass is 16.3. The van der Waals surface area contributed by atoms with Gasteiger partial charge >= 0.3 is 0 Å². The summed E-state index contributed by atoms with van der Waals surface area (Å²) in [7, 11) is 0. The van der Waals surface area contributed by atoms with Gasteiger partial charge in [0.1, 0.15) is 0 Å². The number of nitrogens with zero attached hydrogens (tertiary/aromatic N) is 3. The van der Waals surface area contributed by atoms with Gasteiger partial charge in [-0.05, 0) is 25.5 Å². The molecule has 0 bridgehead atoms. The molecule has 0 radical (unpaired) electrons. The zero-order valence-corrected chi connectivity index (χ0v) is 14.4. The number of aliphatic hydroxyl groups is 1. The minimum atomic E-state index is -0.352. The molecule has 1 aromatic rings. The van der Waals surface area contributed by atoms with E-state index in [1.54, 1.807) is 0 Å². The largest absolute Gasteiger partial charge is 0.395 e. The Hall–Kier alpha value is -1.76. The van der Waals surface area contributed by atoms with Gasteiger partial charge in [0.25, 0.3) is 5.91 Å². The highest BCUT2D eigenvalue weighted by Gasteiger charge is 2.43. The summed E-state index contributed by atoms with van der Waals surface area (Å²) in [5.74, 6) is -0.225. The van der Waals surface area contributed by atoms with Crippen molar-refractivity contribution >= 4 is 17.5 Å². The molecule has 2 saturated heterocycles. The van der Waals surface area contributed by atoms with Crippen molar-refractivity contribution in [2.45, 2.75) is 26.3 Å². The molecule has 3 rings (SSSR count). The van der Waals surface area contributed by atoms with Gasteiger partial charge in [-0.25, -0.2) is 4.90 Å². The molecular formula is C18H25N3O3. The molecule has 0 saturated carbocycles. The third kappa shape index (κ3) is 3.22. The topological polar surface area (TPSA) is 64.1 Å². The zero-order valence-electron chi connectivity index (χ0n) is 14.4. The fourth-order valence-electron chi connectivity index (χ4n) is 3.65. The highest BCUT2D eigenvalue weighted by molar-refractivity contribution is 6.22. The molecule has 6 heteroatoms. The van der Waals surface area contributed by atoms with Gasteiger partial charge < -0.3 is 5.11 Å². The van der Waals surface area contributed by atoms with E-state index >= 15 is 0 Å². The van der Waals surface area contributed by atoms with E-state index in [2.05, 4.69) is 9.80 Å². The minimum absolute atomic E-state index is 0.109. The van der Waals surface area contributed by atoms with Crippen LogP contribution in [0.2, 0.25) is 0 Å². The van der Waals surface area contributed by atoms with Crippen molar-refractivity contribution < 1.29 is 14.7 Å². The van der Waals surface area contributed by atoms with Crippen LogP contribution in [0.1, 0.15) is 17.5 Å². The van der Waals surface area contributed by atoms with Crippen LogP contribution in [0.3, 0.4) is 0 Å². The number of imide groups is 1. The molecule has 1 atom stereocenters.